The molecule has 0 bridgehead atoms. The van der Waals surface area contributed by atoms with Crippen LogP contribution in [0.5, 0.6) is 0 Å². The average molecular weight is 358 g/mol. The van der Waals surface area contributed by atoms with E-state index >= 15 is 0 Å². The van der Waals surface area contributed by atoms with Crippen molar-refractivity contribution < 1.29 is 9.59 Å². The largest absolute Gasteiger partial charge is 0.333 e. The molecule has 3 rings (SSSR count). The number of pyridine rings is 1. The summed E-state index contributed by atoms with van der Waals surface area (Å²) in [5.74, 6) is 0.180. The van der Waals surface area contributed by atoms with E-state index < -0.39 is 0 Å². The summed E-state index contributed by atoms with van der Waals surface area (Å²) in [6, 6.07) is 4.19. The number of hydrogen-bond acceptors (Lipinski definition) is 4. The Hall–Kier alpha value is -1.95. The summed E-state index contributed by atoms with van der Waals surface area (Å²) in [4.78, 5) is 35.5. The summed E-state index contributed by atoms with van der Waals surface area (Å²) in [6.45, 7) is 2.54. The third-order valence-corrected chi connectivity index (χ3v) is 5.26. The number of carbonyl (C=O) groups is 2. The molecule has 2 fully saturated rings. The van der Waals surface area contributed by atoms with E-state index in [1.54, 1.807) is 4.90 Å². The van der Waals surface area contributed by atoms with Crippen LogP contribution < -0.4 is 0 Å². The van der Waals surface area contributed by atoms with Gasteiger partial charge in [0.25, 0.3) is 0 Å². The van der Waals surface area contributed by atoms with Gasteiger partial charge in [0.2, 0.25) is 11.8 Å². The fraction of sp³-hybridized carbons (Fsp3) is 0.650. The number of hydrogen-bond donors (Lipinski definition) is 0. The molecule has 2 aliphatic rings. The Bertz CT molecular complexity index is 629. The number of nitrogens with zero attached hydrogens (tertiary/aromatic N) is 4. The van der Waals surface area contributed by atoms with E-state index in [1.807, 2.05) is 31.3 Å². The van der Waals surface area contributed by atoms with E-state index in [0.717, 1.165) is 50.9 Å². The lowest BCUT2D eigenvalue weighted by atomic mass is 10.1. The molecule has 1 aromatic rings. The van der Waals surface area contributed by atoms with Gasteiger partial charge < -0.3 is 14.7 Å². The van der Waals surface area contributed by atoms with Crippen LogP contribution >= 0.6 is 0 Å². The average Bonchev–Trinajstić information content (AvgIpc) is 3.01. The van der Waals surface area contributed by atoms with Crippen LogP contribution in [0.2, 0.25) is 0 Å². The maximum Gasteiger partial charge on any atom is 0.242 e. The molecule has 6 heteroatoms. The monoisotopic (exact) mass is 358 g/mol. The summed E-state index contributed by atoms with van der Waals surface area (Å²) < 4.78 is 0. The maximum atomic E-state index is 12.9. The first-order chi connectivity index (χ1) is 12.5. The highest BCUT2D eigenvalue weighted by Gasteiger charge is 2.32. The van der Waals surface area contributed by atoms with E-state index in [0.29, 0.717) is 13.0 Å². The molecule has 0 N–H and O–H groups in total. The first-order valence-corrected chi connectivity index (χ1v) is 9.71. The van der Waals surface area contributed by atoms with Gasteiger partial charge in [-0.15, -0.1) is 0 Å². The fourth-order valence-electron chi connectivity index (χ4n) is 3.92. The zero-order valence-electron chi connectivity index (χ0n) is 16.0. The number of aromatic nitrogens is 1. The molecule has 2 amide bonds. The molecule has 26 heavy (non-hydrogen) atoms. The zero-order valence-corrected chi connectivity index (χ0v) is 16.0. The Balaban J connectivity index is 1.65. The van der Waals surface area contributed by atoms with Gasteiger partial charge in [0, 0.05) is 32.3 Å². The minimum Gasteiger partial charge on any atom is -0.333 e. The van der Waals surface area contributed by atoms with Gasteiger partial charge in [-0.2, -0.15) is 0 Å². The molecule has 0 aromatic carbocycles. The highest BCUT2D eigenvalue weighted by atomic mass is 16.2. The molecular formula is C20H30N4O2. The summed E-state index contributed by atoms with van der Waals surface area (Å²) in [5, 5.41) is 0. The molecule has 2 aliphatic heterocycles. The molecular weight excluding hydrogens is 328 g/mol. The van der Waals surface area contributed by atoms with E-state index in [2.05, 4.69) is 16.0 Å². The SMILES string of the molecule is CN(C)Cc1ccc([C@H]2CCCN2C(=O)CN2CCCCCC2=O)nc1. The molecule has 2 saturated heterocycles. The van der Waals surface area contributed by atoms with Crippen LogP contribution in [0.3, 0.4) is 0 Å². The van der Waals surface area contributed by atoms with Gasteiger partial charge in [0.1, 0.15) is 0 Å². The lowest BCUT2D eigenvalue weighted by molar-refractivity contribution is -0.140. The van der Waals surface area contributed by atoms with Crippen molar-refractivity contribution in [1.82, 2.24) is 19.7 Å². The van der Waals surface area contributed by atoms with Gasteiger partial charge in [0.15, 0.2) is 0 Å². The van der Waals surface area contributed by atoms with Gasteiger partial charge in [-0.05, 0) is 51.4 Å². The summed E-state index contributed by atoms with van der Waals surface area (Å²) in [7, 11) is 4.07. The van der Waals surface area contributed by atoms with Gasteiger partial charge in [-0.1, -0.05) is 12.5 Å². The van der Waals surface area contributed by atoms with Crippen molar-refractivity contribution in [3.05, 3.63) is 29.6 Å². The van der Waals surface area contributed by atoms with Crippen LogP contribution in [0.25, 0.3) is 0 Å². The normalized spacial score (nSPS) is 21.3. The molecule has 1 aromatic heterocycles. The van der Waals surface area contributed by atoms with Gasteiger partial charge in [-0.3, -0.25) is 14.6 Å². The maximum absolute atomic E-state index is 12.9. The number of carbonyl (C=O) groups excluding carboxylic acids is 2. The lowest BCUT2D eigenvalue weighted by Gasteiger charge is -2.28. The molecule has 0 radical (unpaired) electrons. The van der Waals surface area contributed by atoms with Crippen LogP contribution in [0.1, 0.15) is 55.8 Å². The Morgan fingerprint density at radius 2 is 2.04 bits per heavy atom. The first-order valence-electron chi connectivity index (χ1n) is 9.71. The van der Waals surface area contributed by atoms with E-state index in [-0.39, 0.29) is 24.4 Å². The van der Waals surface area contributed by atoms with Gasteiger partial charge in [0.05, 0.1) is 18.3 Å². The molecule has 3 heterocycles. The van der Waals surface area contributed by atoms with Gasteiger partial charge in [-0.25, -0.2) is 0 Å². The van der Waals surface area contributed by atoms with E-state index in [9.17, 15) is 9.59 Å². The molecule has 0 aliphatic carbocycles. The Morgan fingerprint density at radius 1 is 1.19 bits per heavy atom. The molecule has 0 unspecified atom stereocenters. The number of rotatable bonds is 5. The quantitative estimate of drug-likeness (QED) is 0.810. The number of likely N-dealkylation sites (tertiary alicyclic amines) is 2. The molecule has 142 valence electrons. The van der Waals surface area contributed by atoms with Crippen molar-refractivity contribution in [2.75, 3.05) is 33.7 Å². The van der Waals surface area contributed by atoms with Crippen LogP contribution in [0, 0.1) is 0 Å². The zero-order chi connectivity index (χ0) is 18.5. The molecule has 1 atom stereocenters. The standard InChI is InChI=1S/C20H30N4O2/c1-22(2)14-16-9-10-17(21-13-16)18-7-6-12-24(18)20(26)15-23-11-5-3-4-8-19(23)25/h9-10,13,18H,3-8,11-12,14-15H2,1-2H3/t18-/m1/s1. The molecule has 0 spiro atoms. The highest BCUT2D eigenvalue weighted by Crippen LogP contribution is 2.31. The molecule has 6 nitrogen and oxygen atoms in total. The minimum atomic E-state index is 0.0398. The summed E-state index contributed by atoms with van der Waals surface area (Å²) in [6.07, 6.45) is 7.44. The number of amides is 2. The van der Waals surface area contributed by atoms with Crippen molar-refractivity contribution in [3.8, 4) is 0 Å². The lowest BCUT2D eigenvalue weighted by Crippen LogP contribution is -2.42. The van der Waals surface area contributed by atoms with Gasteiger partial charge >= 0.3 is 0 Å². The predicted molar refractivity (Wildman–Crippen MR) is 100 cm³/mol. The van der Waals surface area contributed by atoms with Crippen molar-refractivity contribution >= 4 is 11.8 Å². The van der Waals surface area contributed by atoms with Crippen molar-refractivity contribution in [2.45, 2.75) is 51.1 Å². The third kappa shape index (κ3) is 4.61. The minimum absolute atomic E-state index is 0.0398. The summed E-state index contributed by atoms with van der Waals surface area (Å²) >= 11 is 0. The van der Waals surface area contributed by atoms with Crippen LogP contribution in [0.4, 0.5) is 0 Å². The fourth-order valence-corrected chi connectivity index (χ4v) is 3.92. The Morgan fingerprint density at radius 3 is 2.77 bits per heavy atom. The van der Waals surface area contributed by atoms with Crippen molar-refractivity contribution in [2.24, 2.45) is 0 Å². The topological polar surface area (TPSA) is 56.8 Å². The second-order valence-electron chi connectivity index (χ2n) is 7.70. The summed E-state index contributed by atoms with van der Waals surface area (Å²) in [5.41, 5.74) is 2.13. The van der Waals surface area contributed by atoms with Crippen LogP contribution in [-0.4, -0.2) is 65.2 Å². The van der Waals surface area contributed by atoms with Crippen LogP contribution in [0.15, 0.2) is 18.3 Å². The predicted octanol–water partition coefficient (Wildman–Crippen LogP) is 2.21. The van der Waals surface area contributed by atoms with Crippen molar-refractivity contribution in [3.63, 3.8) is 0 Å². The smallest absolute Gasteiger partial charge is 0.242 e. The second-order valence-corrected chi connectivity index (χ2v) is 7.70. The molecule has 0 saturated carbocycles. The van der Waals surface area contributed by atoms with Crippen molar-refractivity contribution in [1.29, 1.82) is 0 Å². The highest BCUT2D eigenvalue weighted by molar-refractivity contribution is 5.85. The van der Waals surface area contributed by atoms with Crippen LogP contribution in [-0.2, 0) is 16.1 Å². The first kappa shape index (κ1) is 18.8. The Kier molecular flexibility index (Phi) is 6.25. The van der Waals surface area contributed by atoms with E-state index in [1.165, 1.54) is 5.56 Å². The third-order valence-electron chi connectivity index (χ3n) is 5.26. The second kappa shape index (κ2) is 8.62. The Labute approximate surface area is 156 Å². The van der Waals surface area contributed by atoms with E-state index in [4.69, 9.17) is 0 Å².